The normalized spacial score (nSPS) is 15.0. The van der Waals surface area contributed by atoms with E-state index in [2.05, 4.69) is 41.6 Å². The summed E-state index contributed by atoms with van der Waals surface area (Å²) in [5.41, 5.74) is 5.05. The van der Waals surface area contributed by atoms with Crippen molar-refractivity contribution in [2.24, 2.45) is 0 Å². The molecule has 3 aromatic rings. The summed E-state index contributed by atoms with van der Waals surface area (Å²) >= 11 is 0. The quantitative estimate of drug-likeness (QED) is 0.593. The highest BCUT2D eigenvalue weighted by atomic mass is 19.1. The van der Waals surface area contributed by atoms with Gasteiger partial charge in [0.1, 0.15) is 5.82 Å². The second kappa shape index (κ2) is 6.43. The second-order valence-electron chi connectivity index (χ2n) is 6.90. The first-order chi connectivity index (χ1) is 12.1. The van der Waals surface area contributed by atoms with Crippen LogP contribution in [0, 0.1) is 19.8 Å². The lowest BCUT2D eigenvalue weighted by Crippen LogP contribution is -2.08. The topological polar surface area (TPSA) is 30.7 Å². The molecule has 4 heteroatoms. The van der Waals surface area contributed by atoms with E-state index in [0.29, 0.717) is 6.04 Å². The number of benzene rings is 1. The summed E-state index contributed by atoms with van der Waals surface area (Å²) in [7, 11) is 0. The largest absolute Gasteiger partial charge is 0.325 e. The summed E-state index contributed by atoms with van der Waals surface area (Å²) in [6.07, 6.45) is 6.33. The van der Waals surface area contributed by atoms with Crippen molar-refractivity contribution in [1.82, 2.24) is 14.5 Å². The van der Waals surface area contributed by atoms with E-state index in [1.807, 2.05) is 12.1 Å². The molecular formula is C21H22FN3. The SMILES string of the molecule is Cc1cccc(-c2nc(C)n(C3CCCC3)c2-c2ccnc(F)c2)c1. The highest BCUT2D eigenvalue weighted by Gasteiger charge is 2.26. The van der Waals surface area contributed by atoms with E-state index < -0.39 is 5.95 Å². The molecule has 0 aliphatic heterocycles. The predicted octanol–water partition coefficient (Wildman–Crippen LogP) is 5.48. The van der Waals surface area contributed by atoms with E-state index >= 15 is 0 Å². The van der Waals surface area contributed by atoms with Crippen molar-refractivity contribution in [1.29, 1.82) is 0 Å². The van der Waals surface area contributed by atoms with Gasteiger partial charge in [-0.3, -0.25) is 0 Å². The van der Waals surface area contributed by atoms with E-state index in [0.717, 1.165) is 41.2 Å². The van der Waals surface area contributed by atoms with Crippen LogP contribution in [0.25, 0.3) is 22.5 Å². The molecule has 0 unspecified atom stereocenters. The minimum Gasteiger partial charge on any atom is -0.325 e. The van der Waals surface area contributed by atoms with Crippen LogP contribution in [-0.4, -0.2) is 14.5 Å². The van der Waals surface area contributed by atoms with Gasteiger partial charge in [0, 0.05) is 29.4 Å². The van der Waals surface area contributed by atoms with Crippen LogP contribution >= 0.6 is 0 Å². The monoisotopic (exact) mass is 335 g/mol. The van der Waals surface area contributed by atoms with Crippen molar-refractivity contribution in [2.75, 3.05) is 0 Å². The number of nitrogens with zero attached hydrogens (tertiary/aromatic N) is 3. The summed E-state index contributed by atoms with van der Waals surface area (Å²) in [4.78, 5) is 8.61. The summed E-state index contributed by atoms with van der Waals surface area (Å²) in [6.45, 7) is 4.13. The zero-order valence-corrected chi connectivity index (χ0v) is 14.7. The smallest absolute Gasteiger partial charge is 0.213 e. The molecule has 128 valence electrons. The van der Waals surface area contributed by atoms with Crippen LogP contribution in [0.5, 0.6) is 0 Å². The number of aromatic nitrogens is 3. The number of hydrogen-bond acceptors (Lipinski definition) is 2. The molecule has 1 saturated carbocycles. The lowest BCUT2D eigenvalue weighted by molar-refractivity contribution is 0.510. The van der Waals surface area contributed by atoms with Gasteiger partial charge in [0.15, 0.2) is 0 Å². The molecule has 25 heavy (non-hydrogen) atoms. The minimum absolute atomic E-state index is 0.442. The van der Waals surface area contributed by atoms with Gasteiger partial charge in [-0.15, -0.1) is 0 Å². The fourth-order valence-corrected chi connectivity index (χ4v) is 3.97. The fourth-order valence-electron chi connectivity index (χ4n) is 3.97. The van der Waals surface area contributed by atoms with Crippen LogP contribution in [0.4, 0.5) is 4.39 Å². The maximum absolute atomic E-state index is 13.8. The Hall–Kier alpha value is -2.49. The van der Waals surface area contributed by atoms with Gasteiger partial charge in [0.25, 0.3) is 0 Å². The standard InChI is InChI=1S/C21H22FN3/c1-14-6-5-7-16(12-14)20-21(17-10-11-23-19(22)13-17)25(15(2)24-20)18-8-3-4-9-18/h5-7,10-13,18H,3-4,8-9H2,1-2H3. The van der Waals surface area contributed by atoms with Crippen molar-refractivity contribution < 1.29 is 4.39 Å². The maximum atomic E-state index is 13.8. The Morgan fingerprint density at radius 3 is 2.56 bits per heavy atom. The molecule has 0 amide bonds. The summed E-state index contributed by atoms with van der Waals surface area (Å²) in [6, 6.07) is 12.2. The Balaban J connectivity index is 1.96. The Morgan fingerprint density at radius 1 is 1.04 bits per heavy atom. The molecule has 1 aromatic carbocycles. The van der Waals surface area contributed by atoms with E-state index in [9.17, 15) is 4.39 Å². The van der Waals surface area contributed by atoms with Crippen LogP contribution in [0.2, 0.25) is 0 Å². The molecule has 0 spiro atoms. The van der Waals surface area contributed by atoms with Crippen LogP contribution in [0.1, 0.15) is 43.1 Å². The van der Waals surface area contributed by atoms with E-state index in [-0.39, 0.29) is 0 Å². The van der Waals surface area contributed by atoms with Crippen LogP contribution in [-0.2, 0) is 0 Å². The first-order valence-electron chi connectivity index (χ1n) is 8.91. The summed E-state index contributed by atoms with van der Waals surface area (Å²) in [5, 5.41) is 0. The summed E-state index contributed by atoms with van der Waals surface area (Å²) in [5.74, 6) is 0.542. The summed E-state index contributed by atoms with van der Waals surface area (Å²) < 4.78 is 16.1. The number of hydrogen-bond donors (Lipinski definition) is 0. The first-order valence-corrected chi connectivity index (χ1v) is 8.91. The van der Waals surface area contributed by atoms with Crippen molar-refractivity contribution in [3.8, 4) is 22.5 Å². The molecule has 4 rings (SSSR count). The molecule has 2 aromatic heterocycles. The highest BCUT2D eigenvalue weighted by molar-refractivity contribution is 5.79. The molecule has 1 aliphatic rings. The molecule has 2 heterocycles. The van der Waals surface area contributed by atoms with E-state index in [4.69, 9.17) is 4.98 Å². The van der Waals surface area contributed by atoms with Crippen molar-refractivity contribution in [2.45, 2.75) is 45.6 Å². The van der Waals surface area contributed by atoms with Gasteiger partial charge in [-0.05, 0) is 38.8 Å². The third-order valence-corrected chi connectivity index (χ3v) is 5.07. The predicted molar refractivity (Wildman–Crippen MR) is 97.8 cm³/mol. The van der Waals surface area contributed by atoms with Crippen molar-refractivity contribution in [3.05, 3.63) is 59.9 Å². The molecular weight excluding hydrogens is 313 g/mol. The fraction of sp³-hybridized carbons (Fsp3) is 0.333. The average molecular weight is 335 g/mol. The van der Waals surface area contributed by atoms with Gasteiger partial charge >= 0.3 is 0 Å². The third-order valence-electron chi connectivity index (χ3n) is 5.07. The Kier molecular flexibility index (Phi) is 4.12. The molecule has 3 nitrogen and oxygen atoms in total. The van der Waals surface area contributed by atoms with Gasteiger partial charge < -0.3 is 4.57 Å². The number of pyridine rings is 1. The molecule has 0 N–H and O–H groups in total. The zero-order valence-electron chi connectivity index (χ0n) is 14.7. The zero-order chi connectivity index (χ0) is 17.4. The van der Waals surface area contributed by atoms with Gasteiger partial charge in [0.2, 0.25) is 5.95 Å². The second-order valence-corrected chi connectivity index (χ2v) is 6.90. The third kappa shape index (κ3) is 2.97. The van der Waals surface area contributed by atoms with E-state index in [1.54, 1.807) is 0 Å². The average Bonchev–Trinajstić information content (AvgIpc) is 3.22. The van der Waals surface area contributed by atoms with Crippen LogP contribution < -0.4 is 0 Å². The van der Waals surface area contributed by atoms with Crippen LogP contribution in [0.15, 0.2) is 42.6 Å². The molecule has 1 aliphatic carbocycles. The van der Waals surface area contributed by atoms with Gasteiger partial charge in [-0.25, -0.2) is 9.97 Å². The van der Waals surface area contributed by atoms with Gasteiger partial charge in [-0.1, -0.05) is 36.6 Å². The molecule has 0 radical (unpaired) electrons. The Morgan fingerprint density at radius 2 is 1.84 bits per heavy atom. The molecule has 0 bridgehead atoms. The lowest BCUT2D eigenvalue weighted by Gasteiger charge is -2.18. The molecule has 1 fully saturated rings. The Bertz CT molecular complexity index is 907. The van der Waals surface area contributed by atoms with Crippen molar-refractivity contribution >= 4 is 0 Å². The number of rotatable bonds is 3. The first kappa shape index (κ1) is 16.0. The maximum Gasteiger partial charge on any atom is 0.213 e. The Labute approximate surface area is 147 Å². The number of imidazole rings is 1. The minimum atomic E-state index is -0.454. The molecule has 0 saturated heterocycles. The van der Waals surface area contributed by atoms with Gasteiger partial charge in [-0.2, -0.15) is 4.39 Å². The lowest BCUT2D eigenvalue weighted by atomic mass is 10.0. The number of aryl methyl sites for hydroxylation is 2. The van der Waals surface area contributed by atoms with E-state index in [1.165, 1.54) is 30.7 Å². The molecule has 0 atom stereocenters. The highest BCUT2D eigenvalue weighted by Crippen LogP contribution is 2.40. The van der Waals surface area contributed by atoms with Crippen molar-refractivity contribution in [3.63, 3.8) is 0 Å². The van der Waals surface area contributed by atoms with Crippen LogP contribution in [0.3, 0.4) is 0 Å². The van der Waals surface area contributed by atoms with Gasteiger partial charge in [0.05, 0.1) is 11.4 Å². The number of halogens is 1.